The number of benzene rings is 2. The highest BCUT2D eigenvalue weighted by molar-refractivity contribution is 7.89. The first-order chi connectivity index (χ1) is 15.0. The van der Waals surface area contributed by atoms with Gasteiger partial charge in [-0.1, -0.05) is 18.2 Å². The predicted octanol–water partition coefficient (Wildman–Crippen LogP) is 0.421. The van der Waals surface area contributed by atoms with E-state index in [4.69, 9.17) is 4.74 Å². The molecule has 10 nitrogen and oxygen atoms in total. The zero-order chi connectivity index (χ0) is 23.9. The van der Waals surface area contributed by atoms with Crippen molar-refractivity contribution in [2.75, 3.05) is 20.6 Å². The molecular formula is C20H23FN4O6S. The number of nitrogens with zero attached hydrogens (tertiary/aromatic N) is 1. The number of halogens is 1. The summed E-state index contributed by atoms with van der Waals surface area (Å²) < 4.78 is 44.1. The van der Waals surface area contributed by atoms with E-state index in [-0.39, 0.29) is 16.2 Å². The van der Waals surface area contributed by atoms with Crippen LogP contribution in [0, 0.1) is 5.82 Å². The smallest absolute Gasteiger partial charge is 0.279 e. The van der Waals surface area contributed by atoms with Gasteiger partial charge in [0.15, 0.2) is 17.7 Å². The van der Waals surface area contributed by atoms with Crippen LogP contribution in [0.25, 0.3) is 0 Å². The summed E-state index contributed by atoms with van der Waals surface area (Å²) in [6.45, 7) is 0.872. The number of hydrazine groups is 1. The summed E-state index contributed by atoms with van der Waals surface area (Å²) in [6.07, 6.45) is -1.11. The van der Waals surface area contributed by atoms with Gasteiger partial charge in [-0.3, -0.25) is 25.2 Å². The first-order valence-electron chi connectivity index (χ1n) is 9.33. The van der Waals surface area contributed by atoms with Crippen molar-refractivity contribution in [3.8, 4) is 5.75 Å². The molecule has 0 saturated carbocycles. The van der Waals surface area contributed by atoms with E-state index in [2.05, 4.69) is 16.2 Å². The van der Waals surface area contributed by atoms with Crippen LogP contribution in [0.1, 0.15) is 17.3 Å². The van der Waals surface area contributed by atoms with Crippen molar-refractivity contribution in [3.63, 3.8) is 0 Å². The van der Waals surface area contributed by atoms with Crippen molar-refractivity contribution in [1.82, 2.24) is 20.5 Å². The van der Waals surface area contributed by atoms with E-state index >= 15 is 0 Å². The molecule has 0 aliphatic rings. The van der Waals surface area contributed by atoms with Crippen molar-refractivity contribution in [2.45, 2.75) is 17.9 Å². The third-order valence-corrected chi connectivity index (χ3v) is 5.93. The molecule has 0 aromatic heterocycles. The van der Waals surface area contributed by atoms with Crippen molar-refractivity contribution < 1.29 is 31.9 Å². The van der Waals surface area contributed by atoms with Gasteiger partial charge in [0.05, 0.1) is 11.4 Å². The normalized spacial score (nSPS) is 12.0. The third-order valence-electron chi connectivity index (χ3n) is 4.12. The van der Waals surface area contributed by atoms with Crippen LogP contribution in [0.4, 0.5) is 4.39 Å². The Hall–Kier alpha value is -3.51. The average Bonchev–Trinajstić information content (AvgIpc) is 2.77. The Morgan fingerprint density at radius 3 is 2.41 bits per heavy atom. The Morgan fingerprint density at radius 2 is 1.75 bits per heavy atom. The molecule has 2 aromatic rings. The number of carbonyl (C=O) groups is 3. The van der Waals surface area contributed by atoms with Gasteiger partial charge in [0.25, 0.3) is 17.7 Å². The molecule has 2 aromatic carbocycles. The molecule has 3 N–H and O–H groups in total. The lowest BCUT2D eigenvalue weighted by Crippen LogP contribution is -2.50. The number of ether oxygens (including phenoxy) is 1. The number of sulfonamides is 1. The summed E-state index contributed by atoms with van der Waals surface area (Å²) in [4.78, 5) is 36.0. The monoisotopic (exact) mass is 466 g/mol. The van der Waals surface area contributed by atoms with Gasteiger partial charge in [0.1, 0.15) is 0 Å². The Morgan fingerprint density at radius 1 is 1.06 bits per heavy atom. The number of hydrogen-bond acceptors (Lipinski definition) is 6. The molecule has 1 unspecified atom stereocenters. The van der Waals surface area contributed by atoms with Crippen LogP contribution in [0.15, 0.2) is 53.4 Å². The van der Waals surface area contributed by atoms with Gasteiger partial charge in [0, 0.05) is 19.7 Å². The standard InChI is InChI=1S/C20H23FN4O6S/c1-13(31-17-10-5-4-9-16(17)21)19(27)24-23-18(26)12-22-20(28)14-7-6-8-15(11-14)32(29,30)25(2)3/h4-11,13H,12H2,1-3H3,(H,22,28)(H,23,26)(H,24,27). The SMILES string of the molecule is CC(Oc1ccccc1F)C(=O)NNC(=O)CNC(=O)c1cccc(S(=O)(=O)N(C)C)c1. The van der Waals surface area contributed by atoms with Crippen molar-refractivity contribution in [2.24, 2.45) is 0 Å². The Labute approximate surface area is 184 Å². The second-order valence-electron chi connectivity index (χ2n) is 6.73. The highest BCUT2D eigenvalue weighted by Gasteiger charge is 2.20. The number of nitrogens with one attached hydrogen (secondary N) is 3. The summed E-state index contributed by atoms with van der Waals surface area (Å²) in [6, 6.07) is 10.9. The highest BCUT2D eigenvalue weighted by Crippen LogP contribution is 2.17. The van der Waals surface area contributed by atoms with Gasteiger partial charge in [-0.2, -0.15) is 0 Å². The lowest BCUT2D eigenvalue weighted by molar-refractivity contribution is -0.132. The maximum Gasteiger partial charge on any atom is 0.279 e. The van der Waals surface area contributed by atoms with Crippen LogP contribution < -0.4 is 20.9 Å². The molecular weight excluding hydrogens is 443 g/mol. The van der Waals surface area contributed by atoms with E-state index in [9.17, 15) is 27.2 Å². The molecule has 0 radical (unpaired) electrons. The minimum Gasteiger partial charge on any atom is -0.478 e. The lowest BCUT2D eigenvalue weighted by Gasteiger charge is -2.15. The molecule has 2 rings (SSSR count). The average molecular weight is 466 g/mol. The van der Waals surface area contributed by atoms with E-state index in [1.165, 1.54) is 63.5 Å². The minimum atomic E-state index is -3.72. The molecule has 0 spiro atoms. The molecule has 12 heteroatoms. The zero-order valence-corrected chi connectivity index (χ0v) is 18.4. The van der Waals surface area contributed by atoms with Crippen LogP contribution in [0.5, 0.6) is 5.75 Å². The van der Waals surface area contributed by atoms with Crippen LogP contribution in [0.3, 0.4) is 0 Å². The van der Waals surface area contributed by atoms with Gasteiger partial charge < -0.3 is 10.1 Å². The molecule has 1 atom stereocenters. The molecule has 0 fully saturated rings. The fourth-order valence-electron chi connectivity index (χ4n) is 2.33. The second kappa shape index (κ2) is 10.7. The largest absolute Gasteiger partial charge is 0.478 e. The summed E-state index contributed by atoms with van der Waals surface area (Å²) >= 11 is 0. The zero-order valence-electron chi connectivity index (χ0n) is 17.6. The van der Waals surface area contributed by atoms with Crippen LogP contribution in [0.2, 0.25) is 0 Å². The quantitative estimate of drug-likeness (QED) is 0.483. The molecule has 0 aliphatic carbocycles. The summed E-state index contributed by atoms with van der Waals surface area (Å²) in [5, 5.41) is 2.32. The van der Waals surface area contributed by atoms with Gasteiger partial charge >= 0.3 is 0 Å². The van der Waals surface area contributed by atoms with Gasteiger partial charge in [-0.25, -0.2) is 17.1 Å². The van der Waals surface area contributed by atoms with Crippen molar-refractivity contribution in [3.05, 3.63) is 59.9 Å². The fraction of sp³-hybridized carbons (Fsp3) is 0.250. The van der Waals surface area contributed by atoms with Crippen molar-refractivity contribution >= 4 is 27.7 Å². The first-order valence-corrected chi connectivity index (χ1v) is 10.8. The maximum atomic E-state index is 13.6. The van der Waals surface area contributed by atoms with Crippen LogP contribution >= 0.6 is 0 Å². The lowest BCUT2D eigenvalue weighted by atomic mass is 10.2. The van der Waals surface area contributed by atoms with E-state index in [1.807, 2.05) is 0 Å². The number of amides is 3. The molecule has 0 heterocycles. The number of rotatable bonds is 8. The van der Waals surface area contributed by atoms with Gasteiger partial charge in [-0.05, 0) is 37.3 Å². The van der Waals surface area contributed by atoms with E-state index in [0.717, 1.165) is 4.31 Å². The van der Waals surface area contributed by atoms with Crippen LogP contribution in [-0.2, 0) is 19.6 Å². The van der Waals surface area contributed by atoms with Crippen molar-refractivity contribution in [1.29, 1.82) is 0 Å². The van der Waals surface area contributed by atoms with Crippen LogP contribution in [-0.4, -0.2) is 57.2 Å². The third kappa shape index (κ3) is 6.49. The highest BCUT2D eigenvalue weighted by atomic mass is 32.2. The fourth-order valence-corrected chi connectivity index (χ4v) is 3.28. The summed E-state index contributed by atoms with van der Waals surface area (Å²) in [7, 11) is -0.997. The Kier molecular flexibility index (Phi) is 8.27. The predicted molar refractivity (Wildman–Crippen MR) is 112 cm³/mol. The first kappa shape index (κ1) is 24.8. The second-order valence-corrected chi connectivity index (χ2v) is 8.88. The van der Waals surface area contributed by atoms with E-state index in [0.29, 0.717) is 0 Å². The molecule has 0 saturated heterocycles. The topological polar surface area (TPSA) is 134 Å². The molecule has 0 bridgehead atoms. The Bertz CT molecular complexity index is 1110. The van der Waals surface area contributed by atoms with Gasteiger partial charge in [-0.15, -0.1) is 0 Å². The summed E-state index contributed by atoms with van der Waals surface area (Å²) in [5.74, 6) is -2.93. The minimum absolute atomic E-state index is 0.0386. The van der Waals surface area contributed by atoms with Gasteiger partial charge in [0.2, 0.25) is 10.0 Å². The summed E-state index contributed by atoms with van der Waals surface area (Å²) in [5.41, 5.74) is 4.24. The Balaban J connectivity index is 1.85. The number of carbonyl (C=O) groups excluding carboxylic acids is 3. The molecule has 3 amide bonds. The number of hydrogen-bond donors (Lipinski definition) is 3. The molecule has 172 valence electrons. The van der Waals surface area contributed by atoms with E-state index < -0.39 is 46.2 Å². The molecule has 0 aliphatic heterocycles. The molecule has 32 heavy (non-hydrogen) atoms. The number of para-hydroxylation sites is 1. The van der Waals surface area contributed by atoms with E-state index in [1.54, 1.807) is 6.07 Å². The maximum absolute atomic E-state index is 13.6.